The van der Waals surface area contributed by atoms with E-state index >= 15 is 0 Å². The van der Waals surface area contributed by atoms with Crippen molar-refractivity contribution in [1.29, 1.82) is 0 Å². The Morgan fingerprint density at radius 1 is 0.829 bits per heavy atom. The largest absolute Gasteiger partial charge is 0.354 e. The lowest BCUT2D eigenvalue weighted by molar-refractivity contribution is -0.141. The molecule has 4 nitrogen and oxygen atoms in total. The molecule has 0 heterocycles. The van der Waals surface area contributed by atoms with E-state index in [9.17, 15) is 9.59 Å². The van der Waals surface area contributed by atoms with Gasteiger partial charge in [0.15, 0.2) is 0 Å². The van der Waals surface area contributed by atoms with Crippen molar-refractivity contribution in [3.8, 4) is 0 Å². The number of hydrogen-bond donors (Lipinski definition) is 1. The van der Waals surface area contributed by atoms with Crippen molar-refractivity contribution in [3.63, 3.8) is 0 Å². The van der Waals surface area contributed by atoms with E-state index in [0.29, 0.717) is 32.4 Å². The first-order valence-corrected chi connectivity index (χ1v) is 13.2. The summed E-state index contributed by atoms with van der Waals surface area (Å²) in [7, 11) is 0. The molecule has 0 bridgehead atoms. The quantitative estimate of drug-likeness (QED) is 0.304. The first-order valence-electron chi connectivity index (χ1n) is 12.4. The van der Waals surface area contributed by atoms with Crippen LogP contribution in [0.1, 0.15) is 48.9 Å². The van der Waals surface area contributed by atoms with Crippen LogP contribution in [0.15, 0.2) is 83.3 Å². The van der Waals surface area contributed by atoms with Crippen molar-refractivity contribution in [3.05, 3.63) is 106 Å². The van der Waals surface area contributed by atoms with Crippen molar-refractivity contribution < 1.29 is 9.59 Å². The Morgan fingerprint density at radius 3 is 2.09 bits per heavy atom. The predicted octanol–water partition coefficient (Wildman–Crippen LogP) is 6.11. The van der Waals surface area contributed by atoms with Gasteiger partial charge in [-0.2, -0.15) is 0 Å². The zero-order chi connectivity index (χ0) is 25.0. The Morgan fingerprint density at radius 2 is 1.46 bits per heavy atom. The fourth-order valence-corrected chi connectivity index (χ4v) is 4.31. The van der Waals surface area contributed by atoms with Gasteiger partial charge in [-0.15, -0.1) is 0 Å². The summed E-state index contributed by atoms with van der Waals surface area (Å²) >= 11 is 3.48. The second-order valence-corrected chi connectivity index (χ2v) is 9.73. The molecule has 0 unspecified atom stereocenters. The zero-order valence-electron chi connectivity index (χ0n) is 20.7. The molecule has 0 spiro atoms. The highest BCUT2D eigenvalue weighted by molar-refractivity contribution is 9.10. The van der Waals surface area contributed by atoms with Crippen molar-refractivity contribution in [1.82, 2.24) is 10.2 Å². The number of benzene rings is 3. The maximum Gasteiger partial charge on any atom is 0.243 e. The summed E-state index contributed by atoms with van der Waals surface area (Å²) in [4.78, 5) is 28.8. The molecule has 1 atom stereocenters. The number of aryl methyl sites for hydroxylation is 2. The minimum absolute atomic E-state index is 0.0138. The fraction of sp³-hybridized carbons (Fsp3) is 0.333. The van der Waals surface area contributed by atoms with E-state index in [1.54, 1.807) is 4.90 Å². The number of nitrogens with one attached hydrogen (secondary N) is 1. The van der Waals surface area contributed by atoms with E-state index in [4.69, 9.17) is 0 Å². The molecule has 0 aliphatic rings. The molecular weight excluding hydrogens is 500 g/mol. The number of amides is 2. The van der Waals surface area contributed by atoms with Gasteiger partial charge in [-0.1, -0.05) is 96.5 Å². The smallest absolute Gasteiger partial charge is 0.243 e. The number of carbonyl (C=O) groups excluding carboxylic acids is 2. The van der Waals surface area contributed by atoms with Gasteiger partial charge in [0.05, 0.1) is 0 Å². The van der Waals surface area contributed by atoms with Gasteiger partial charge >= 0.3 is 0 Å². The van der Waals surface area contributed by atoms with Gasteiger partial charge in [0.1, 0.15) is 6.04 Å². The molecule has 0 aromatic heterocycles. The predicted molar refractivity (Wildman–Crippen MR) is 146 cm³/mol. The van der Waals surface area contributed by atoms with Gasteiger partial charge in [0.25, 0.3) is 0 Å². The average molecular weight is 536 g/mol. The maximum atomic E-state index is 13.7. The van der Waals surface area contributed by atoms with E-state index < -0.39 is 6.04 Å². The Balaban J connectivity index is 1.86. The van der Waals surface area contributed by atoms with E-state index in [0.717, 1.165) is 34.0 Å². The van der Waals surface area contributed by atoms with Gasteiger partial charge in [0.2, 0.25) is 11.8 Å². The summed E-state index contributed by atoms with van der Waals surface area (Å²) < 4.78 is 0.983. The molecule has 3 aromatic carbocycles. The van der Waals surface area contributed by atoms with Crippen LogP contribution in [0.25, 0.3) is 0 Å². The molecule has 0 fully saturated rings. The molecule has 0 aliphatic heterocycles. The summed E-state index contributed by atoms with van der Waals surface area (Å²) in [6, 6.07) is 25.7. The molecule has 0 saturated heterocycles. The highest BCUT2D eigenvalue weighted by atomic mass is 79.9. The molecule has 0 saturated carbocycles. The topological polar surface area (TPSA) is 49.4 Å². The number of nitrogens with zero attached hydrogens (tertiary/aromatic N) is 1. The van der Waals surface area contributed by atoms with Crippen LogP contribution in [0.3, 0.4) is 0 Å². The molecule has 5 heteroatoms. The molecule has 2 amide bonds. The van der Waals surface area contributed by atoms with Crippen LogP contribution in [0.5, 0.6) is 0 Å². The van der Waals surface area contributed by atoms with Crippen LogP contribution in [0.2, 0.25) is 0 Å². The SMILES string of the molecule is CCCNC(=O)[C@H](Cc1ccccc1)N(Cc1ccc(Br)cc1)C(=O)CCc1ccc(CC)cc1. The molecular formula is C30H35BrN2O2. The summed E-state index contributed by atoms with van der Waals surface area (Å²) in [5.41, 5.74) is 4.45. The maximum absolute atomic E-state index is 13.7. The molecule has 1 N–H and O–H groups in total. The van der Waals surface area contributed by atoms with E-state index in [1.807, 2.05) is 61.5 Å². The monoisotopic (exact) mass is 534 g/mol. The number of hydrogen-bond acceptors (Lipinski definition) is 2. The Labute approximate surface area is 217 Å². The Kier molecular flexibility index (Phi) is 10.5. The Hall–Kier alpha value is -2.92. The standard InChI is InChI=1S/C30H35BrN2O2/c1-3-20-32-30(35)28(21-25-8-6-5-7-9-25)33(22-26-14-17-27(31)18-15-26)29(34)19-16-24-12-10-23(4-2)11-13-24/h5-15,17-18,28H,3-4,16,19-22H2,1-2H3,(H,32,35)/t28-/m0/s1. The third kappa shape index (κ3) is 8.36. The van der Waals surface area contributed by atoms with Crippen molar-refractivity contribution in [2.75, 3.05) is 6.54 Å². The van der Waals surface area contributed by atoms with Crippen LogP contribution in [0.4, 0.5) is 0 Å². The minimum Gasteiger partial charge on any atom is -0.354 e. The molecule has 184 valence electrons. The lowest BCUT2D eigenvalue weighted by Gasteiger charge is -2.31. The van der Waals surface area contributed by atoms with Crippen molar-refractivity contribution in [2.45, 2.75) is 58.5 Å². The van der Waals surface area contributed by atoms with Crippen molar-refractivity contribution in [2.24, 2.45) is 0 Å². The van der Waals surface area contributed by atoms with Crippen LogP contribution >= 0.6 is 15.9 Å². The van der Waals surface area contributed by atoms with E-state index in [-0.39, 0.29) is 11.8 Å². The second-order valence-electron chi connectivity index (χ2n) is 8.81. The fourth-order valence-electron chi connectivity index (χ4n) is 4.04. The normalized spacial score (nSPS) is 11.6. The lowest BCUT2D eigenvalue weighted by atomic mass is 10.0. The third-order valence-electron chi connectivity index (χ3n) is 6.15. The first kappa shape index (κ1) is 26.7. The van der Waals surface area contributed by atoms with Gasteiger partial charge in [-0.05, 0) is 53.6 Å². The highest BCUT2D eigenvalue weighted by Gasteiger charge is 2.30. The molecule has 0 radical (unpaired) electrons. The summed E-state index contributed by atoms with van der Waals surface area (Å²) in [6.07, 6.45) is 3.32. The van der Waals surface area contributed by atoms with Crippen LogP contribution in [-0.2, 0) is 35.4 Å². The summed E-state index contributed by atoms with van der Waals surface area (Å²) in [5, 5.41) is 3.03. The summed E-state index contributed by atoms with van der Waals surface area (Å²) in [5.74, 6) is -0.117. The highest BCUT2D eigenvalue weighted by Crippen LogP contribution is 2.19. The number of rotatable bonds is 12. The molecule has 3 aromatic rings. The lowest BCUT2D eigenvalue weighted by Crippen LogP contribution is -2.50. The van der Waals surface area contributed by atoms with Gasteiger partial charge in [-0.25, -0.2) is 0 Å². The Bertz CT molecular complexity index is 1070. The molecule has 3 rings (SSSR count). The third-order valence-corrected chi connectivity index (χ3v) is 6.67. The van der Waals surface area contributed by atoms with Crippen molar-refractivity contribution >= 4 is 27.7 Å². The summed E-state index contributed by atoms with van der Waals surface area (Å²) in [6.45, 7) is 5.14. The van der Waals surface area contributed by atoms with Gasteiger partial charge in [-0.3, -0.25) is 9.59 Å². The van der Waals surface area contributed by atoms with Gasteiger partial charge in [0, 0.05) is 30.4 Å². The van der Waals surface area contributed by atoms with Crippen LogP contribution in [0, 0.1) is 0 Å². The van der Waals surface area contributed by atoms with Crippen LogP contribution < -0.4 is 5.32 Å². The zero-order valence-corrected chi connectivity index (χ0v) is 22.3. The number of carbonyl (C=O) groups is 2. The molecule has 0 aliphatic carbocycles. The minimum atomic E-state index is -0.581. The van der Waals surface area contributed by atoms with Crippen LogP contribution in [-0.4, -0.2) is 29.3 Å². The average Bonchev–Trinajstić information content (AvgIpc) is 2.89. The second kappa shape index (κ2) is 13.8. The first-order chi connectivity index (χ1) is 17.0. The van der Waals surface area contributed by atoms with E-state index in [2.05, 4.69) is 52.4 Å². The van der Waals surface area contributed by atoms with Gasteiger partial charge < -0.3 is 10.2 Å². The number of halogens is 1. The van der Waals surface area contributed by atoms with E-state index in [1.165, 1.54) is 5.56 Å². The molecule has 35 heavy (non-hydrogen) atoms.